The normalized spacial score (nSPS) is 10.4. The van der Waals surface area contributed by atoms with Crippen LogP contribution in [0.15, 0.2) is 0 Å². The summed E-state index contributed by atoms with van der Waals surface area (Å²) in [6, 6.07) is 4.16. The van der Waals surface area contributed by atoms with Crippen molar-refractivity contribution < 1.29 is 0 Å². The lowest BCUT2D eigenvalue weighted by Gasteiger charge is -2.02. The maximum absolute atomic E-state index is 9.00. The van der Waals surface area contributed by atoms with Gasteiger partial charge in [-0.25, -0.2) is 0 Å². The number of nitrogens with two attached hydrogens (primary N) is 2. The van der Waals surface area contributed by atoms with Gasteiger partial charge in [0.05, 0.1) is 11.4 Å². The van der Waals surface area contributed by atoms with Crippen molar-refractivity contribution in [1.29, 1.82) is 10.5 Å². The smallest absolute Gasteiger partial charge is 0.163 e. The van der Waals surface area contributed by atoms with Crippen LogP contribution in [0.1, 0.15) is 61.0 Å². The molecule has 2 aromatic heterocycles. The van der Waals surface area contributed by atoms with Crippen LogP contribution in [0.25, 0.3) is 0 Å². The minimum Gasteiger partial charge on any atom is -0.381 e. The van der Waals surface area contributed by atoms with Gasteiger partial charge in [0.15, 0.2) is 11.6 Å². The predicted molar refractivity (Wildman–Crippen MR) is 90.5 cm³/mol. The van der Waals surface area contributed by atoms with Crippen LogP contribution in [0.4, 0.5) is 11.6 Å². The summed E-state index contributed by atoms with van der Waals surface area (Å²) in [6.45, 7) is 0. The molecule has 2 rings (SSSR count). The van der Waals surface area contributed by atoms with Crippen molar-refractivity contribution in [2.45, 2.75) is 51.4 Å². The molecule has 2 heterocycles. The van der Waals surface area contributed by atoms with E-state index in [1.807, 2.05) is 0 Å². The largest absolute Gasteiger partial charge is 0.381 e. The highest BCUT2D eigenvalue weighted by Gasteiger charge is 2.10. The molecular formula is C16H22N8. The van der Waals surface area contributed by atoms with E-state index in [9.17, 15) is 0 Å². The van der Waals surface area contributed by atoms with Gasteiger partial charge in [0.25, 0.3) is 0 Å². The van der Waals surface area contributed by atoms with E-state index in [0.29, 0.717) is 11.1 Å². The Hall–Kier alpha value is -3.00. The predicted octanol–water partition coefficient (Wildman–Crippen LogP) is 2.17. The van der Waals surface area contributed by atoms with E-state index < -0.39 is 0 Å². The summed E-state index contributed by atoms with van der Waals surface area (Å²) in [4.78, 5) is 0. The maximum atomic E-state index is 9.00. The summed E-state index contributed by atoms with van der Waals surface area (Å²) < 4.78 is 0. The number of rotatable bonds is 9. The average molecular weight is 326 g/mol. The van der Waals surface area contributed by atoms with Crippen LogP contribution in [0.2, 0.25) is 0 Å². The first-order chi connectivity index (χ1) is 11.7. The monoisotopic (exact) mass is 326 g/mol. The zero-order valence-corrected chi connectivity index (χ0v) is 13.6. The Balaban J connectivity index is 1.57. The second kappa shape index (κ2) is 8.59. The summed E-state index contributed by atoms with van der Waals surface area (Å²) >= 11 is 0. The summed E-state index contributed by atoms with van der Waals surface area (Å²) in [5.41, 5.74) is 13.8. The molecule has 0 aromatic carbocycles. The second-order valence-electron chi connectivity index (χ2n) is 5.77. The van der Waals surface area contributed by atoms with Gasteiger partial charge < -0.3 is 11.5 Å². The number of anilines is 2. The Kier molecular flexibility index (Phi) is 6.21. The lowest BCUT2D eigenvalue weighted by molar-refractivity contribution is 0.588. The zero-order chi connectivity index (χ0) is 17.4. The molecule has 6 N–H and O–H groups in total. The van der Waals surface area contributed by atoms with Crippen molar-refractivity contribution in [2.75, 3.05) is 11.5 Å². The number of hydrogen-bond acceptors (Lipinski definition) is 6. The fraction of sp³-hybridized carbons (Fsp3) is 0.500. The van der Waals surface area contributed by atoms with Gasteiger partial charge in [0, 0.05) is 0 Å². The number of aryl methyl sites for hydroxylation is 2. The van der Waals surface area contributed by atoms with Crippen molar-refractivity contribution in [2.24, 2.45) is 0 Å². The summed E-state index contributed by atoms with van der Waals surface area (Å²) in [5.74, 6) is 0.562. The van der Waals surface area contributed by atoms with Crippen molar-refractivity contribution in [3.63, 3.8) is 0 Å². The van der Waals surface area contributed by atoms with Gasteiger partial charge in [-0.2, -0.15) is 20.7 Å². The molecule has 0 aliphatic heterocycles. The van der Waals surface area contributed by atoms with Crippen LogP contribution >= 0.6 is 0 Å². The molecule has 0 atom stereocenters. The first kappa shape index (κ1) is 17.4. The SMILES string of the molecule is N#Cc1c(N)n[nH]c1CCCCCCCCc1[nH]nc(N)c1C#N. The lowest BCUT2D eigenvalue weighted by Crippen LogP contribution is -1.93. The molecule has 8 heteroatoms. The van der Waals surface area contributed by atoms with Crippen LogP contribution in [-0.2, 0) is 12.8 Å². The first-order valence-electron chi connectivity index (χ1n) is 8.13. The number of aromatic nitrogens is 4. The second-order valence-corrected chi connectivity index (χ2v) is 5.77. The number of nitrogens with one attached hydrogen (secondary N) is 2. The summed E-state index contributed by atoms with van der Waals surface area (Å²) in [7, 11) is 0. The van der Waals surface area contributed by atoms with Crippen molar-refractivity contribution in [3.8, 4) is 12.1 Å². The number of unbranched alkanes of at least 4 members (excludes halogenated alkanes) is 5. The van der Waals surface area contributed by atoms with E-state index in [2.05, 4.69) is 32.5 Å². The maximum Gasteiger partial charge on any atom is 0.163 e. The van der Waals surface area contributed by atoms with E-state index in [-0.39, 0.29) is 11.6 Å². The number of aromatic amines is 2. The number of H-pyrrole nitrogens is 2. The first-order valence-corrected chi connectivity index (χ1v) is 8.13. The van der Waals surface area contributed by atoms with Gasteiger partial charge >= 0.3 is 0 Å². The standard InChI is InChI=1S/C16H22N8/c17-9-11-13(21-23-15(11)19)7-5-3-1-2-4-6-8-14-12(10-18)16(20)24-22-14/h1-8H2,(H3,19,21,23)(H3,20,22,24). The van der Waals surface area contributed by atoms with Gasteiger partial charge in [0.1, 0.15) is 23.3 Å². The molecule has 0 bridgehead atoms. The number of nitriles is 2. The summed E-state index contributed by atoms with van der Waals surface area (Å²) in [5, 5.41) is 31.4. The van der Waals surface area contributed by atoms with Crippen LogP contribution in [-0.4, -0.2) is 20.4 Å². The topological polar surface area (TPSA) is 157 Å². The van der Waals surface area contributed by atoms with E-state index >= 15 is 0 Å². The van der Waals surface area contributed by atoms with E-state index in [1.165, 1.54) is 0 Å². The molecule has 0 unspecified atom stereocenters. The minimum atomic E-state index is 0.281. The summed E-state index contributed by atoms with van der Waals surface area (Å²) in [6.07, 6.45) is 8.09. The fourth-order valence-corrected chi connectivity index (χ4v) is 2.71. The molecular weight excluding hydrogens is 304 g/mol. The molecule has 0 aliphatic rings. The van der Waals surface area contributed by atoms with Crippen LogP contribution < -0.4 is 11.5 Å². The average Bonchev–Trinajstić information content (AvgIpc) is 3.12. The highest BCUT2D eigenvalue weighted by Crippen LogP contribution is 2.17. The fourth-order valence-electron chi connectivity index (χ4n) is 2.71. The highest BCUT2D eigenvalue weighted by molar-refractivity contribution is 5.51. The molecule has 0 saturated carbocycles. The van der Waals surface area contributed by atoms with Gasteiger partial charge in [-0.15, -0.1) is 0 Å². The number of hydrogen-bond donors (Lipinski definition) is 4. The molecule has 24 heavy (non-hydrogen) atoms. The third-order valence-corrected chi connectivity index (χ3v) is 4.07. The molecule has 0 aliphatic carbocycles. The molecule has 8 nitrogen and oxygen atoms in total. The van der Waals surface area contributed by atoms with Crippen molar-refractivity contribution >= 4 is 11.6 Å². The van der Waals surface area contributed by atoms with Gasteiger partial charge in [0.2, 0.25) is 0 Å². The number of nitrogen functional groups attached to an aromatic ring is 2. The number of nitrogens with zero attached hydrogens (tertiary/aromatic N) is 4. The minimum absolute atomic E-state index is 0.281. The third-order valence-electron chi connectivity index (χ3n) is 4.07. The molecule has 0 amide bonds. The Morgan fingerprint density at radius 1 is 0.708 bits per heavy atom. The zero-order valence-electron chi connectivity index (χ0n) is 13.6. The Bertz CT molecular complexity index is 679. The Morgan fingerprint density at radius 3 is 1.46 bits per heavy atom. The molecule has 0 spiro atoms. The van der Waals surface area contributed by atoms with Gasteiger partial charge in [-0.05, 0) is 25.7 Å². The molecule has 0 radical (unpaired) electrons. The van der Waals surface area contributed by atoms with Gasteiger partial charge in [-0.1, -0.05) is 25.7 Å². The Morgan fingerprint density at radius 2 is 1.08 bits per heavy atom. The van der Waals surface area contributed by atoms with E-state index in [4.69, 9.17) is 22.0 Å². The highest BCUT2D eigenvalue weighted by atomic mass is 15.2. The lowest BCUT2D eigenvalue weighted by atomic mass is 10.0. The molecule has 0 saturated heterocycles. The van der Waals surface area contributed by atoms with Crippen LogP contribution in [0, 0.1) is 22.7 Å². The quantitative estimate of drug-likeness (QED) is 0.517. The molecule has 2 aromatic rings. The third kappa shape index (κ3) is 4.26. The van der Waals surface area contributed by atoms with Crippen LogP contribution in [0.3, 0.4) is 0 Å². The Labute approximate surface area is 140 Å². The van der Waals surface area contributed by atoms with Crippen LogP contribution in [0.5, 0.6) is 0 Å². The molecule has 0 fully saturated rings. The van der Waals surface area contributed by atoms with E-state index in [1.54, 1.807) is 0 Å². The van der Waals surface area contributed by atoms with Crippen molar-refractivity contribution in [1.82, 2.24) is 20.4 Å². The molecule has 126 valence electrons. The van der Waals surface area contributed by atoms with Crippen molar-refractivity contribution in [3.05, 3.63) is 22.5 Å². The van der Waals surface area contributed by atoms with Gasteiger partial charge in [-0.3, -0.25) is 10.2 Å². The van der Waals surface area contributed by atoms with E-state index in [0.717, 1.165) is 62.8 Å².